The van der Waals surface area contributed by atoms with Crippen molar-refractivity contribution in [2.24, 2.45) is 0 Å². The van der Waals surface area contributed by atoms with Gasteiger partial charge in [0.1, 0.15) is 5.52 Å². The summed E-state index contributed by atoms with van der Waals surface area (Å²) >= 11 is 0. The Morgan fingerprint density at radius 2 is 1.72 bits per heavy atom. The highest BCUT2D eigenvalue weighted by Gasteiger charge is 2.27. The number of fused-ring (bicyclic) bond motifs is 1. The predicted octanol–water partition coefficient (Wildman–Crippen LogP) is 4.12. The lowest BCUT2D eigenvalue weighted by molar-refractivity contribution is 0.0746. The SMILES string of the molecule is O=C(c1ccc2noc(-c3ccccc3)c2c1)N1CCN(c2ccc(C3CC3)nn2)CC1. The second kappa shape index (κ2) is 7.75. The molecular formula is C25H23N5O2. The van der Waals surface area contributed by atoms with E-state index < -0.39 is 0 Å². The van der Waals surface area contributed by atoms with Crippen LogP contribution in [-0.4, -0.2) is 52.3 Å². The number of carbonyl (C=O) groups is 1. The lowest BCUT2D eigenvalue weighted by Gasteiger charge is -2.35. The van der Waals surface area contributed by atoms with Crippen molar-refractivity contribution in [3.63, 3.8) is 0 Å². The van der Waals surface area contributed by atoms with E-state index in [2.05, 4.69) is 32.4 Å². The zero-order chi connectivity index (χ0) is 21.5. The minimum atomic E-state index is 0.0296. The number of piperazine rings is 1. The standard InChI is InChI=1S/C25H23N5O2/c31-25(19-8-9-22-20(16-19)24(32-28-22)18-4-2-1-3-5-18)30-14-12-29(13-15-30)23-11-10-21(26-27-23)17-6-7-17/h1-5,8-11,16-17H,6-7,12-15H2. The normalized spacial score (nSPS) is 16.5. The van der Waals surface area contributed by atoms with Crippen LogP contribution in [0.2, 0.25) is 0 Å². The van der Waals surface area contributed by atoms with Gasteiger partial charge in [-0.3, -0.25) is 4.79 Å². The molecule has 6 rings (SSSR count). The highest BCUT2D eigenvalue weighted by atomic mass is 16.5. The van der Waals surface area contributed by atoms with Crippen LogP contribution in [0.3, 0.4) is 0 Å². The van der Waals surface area contributed by atoms with Gasteiger partial charge in [0.2, 0.25) is 0 Å². The third kappa shape index (κ3) is 3.49. The molecule has 0 unspecified atom stereocenters. The van der Waals surface area contributed by atoms with Crippen molar-refractivity contribution >= 4 is 22.6 Å². The van der Waals surface area contributed by atoms with Gasteiger partial charge in [-0.25, -0.2) is 0 Å². The van der Waals surface area contributed by atoms with E-state index in [1.54, 1.807) is 0 Å². The predicted molar refractivity (Wildman–Crippen MR) is 122 cm³/mol. The van der Waals surface area contributed by atoms with Crippen molar-refractivity contribution in [2.75, 3.05) is 31.1 Å². The van der Waals surface area contributed by atoms with E-state index in [-0.39, 0.29) is 5.91 Å². The molecule has 160 valence electrons. The molecule has 0 spiro atoms. The molecule has 2 aromatic carbocycles. The molecular weight excluding hydrogens is 402 g/mol. The zero-order valence-corrected chi connectivity index (χ0v) is 17.6. The smallest absolute Gasteiger partial charge is 0.254 e. The van der Waals surface area contributed by atoms with Crippen LogP contribution in [-0.2, 0) is 0 Å². The molecule has 3 heterocycles. The van der Waals surface area contributed by atoms with Gasteiger partial charge in [-0.15, -0.1) is 5.10 Å². The summed E-state index contributed by atoms with van der Waals surface area (Å²) in [6.07, 6.45) is 2.45. The Kier molecular flexibility index (Phi) is 4.60. The summed E-state index contributed by atoms with van der Waals surface area (Å²) in [5, 5.41) is 13.8. The van der Waals surface area contributed by atoms with Crippen molar-refractivity contribution < 1.29 is 9.32 Å². The van der Waals surface area contributed by atoms with Gasteiger partial charge in [-0.05, 0) is 43.2 Å². The fourth-order valence-corrected chi connectivity index (χ4v) is 4.29. The molecule has 1 saturated heterocycles. The van der Waals surface area contributed by atoms with E-state index in [1.807, 2.05) is 53.4 Å². The third-order valence-corrected chi connectivity index (χ3v) is 6.32. The number of rotatable bonds is 4. The Morgan fingerprint density at radius 1 is 0.906 bits per heavy atom. The Labute approximate surface area is 185 Å². The van der Waals surface area contributed by atoms with Gasteiger partial charge < -0.3 is 14.3 Å². The van der Waals surface area contributed by atoms with Gasteiger partial charge in [0.25, 0.3) is 5.91 Å². The number of anilines is 1. The zero-order valence-electron chi connectivity index (χ0n) is 17.6. The van der Waals surface area contributed by atoms with E-state index in [4.69, 9.17) is 4.52 Å². The summed E-state index contributed by atoms with van der Waals surface area (Å²) in [6, 6.07) is 19.6. The fourth-order valence-electron chi connectivity index (χ4n) is 4.29. The summed E-state index contributed by atoms with van der Waals surface area (Å²) in [7, 11) is 0. The summed E-state index contributed by atoms with van der Waals surface area (Å²) in [5.41, 5.74) is 3.45. The summed E-state index contributed by atoms with van der Waals surface area (Å²) in [5.74, 6) is 2.21. The maximum Gasteiger partial charge on any atom is 0.254 e. The molecule has 32 heavy (non-hydrogen) atoms. The van der Waals surface area contributed by atoms with Crippen LogP contribution in [0.5, 0.6) is 0 Å². The molecule has 2 aromatic heterocycles. The second-order valence-corrected chi connectivity index (χ2v) is 8.48. The summed E-state index contributed by atoms with van der Waals surface area (Å²) in [4.78, 5) is 17.3. The average molecular weight is 425 g/mol. The van der Waals surface area contributed by atoms with Gasteiger partial charge >= 0.3 is 0 Å². The Balaban J connectivity index is 1.17. The molecule has 1 amide bonds. The molecule has 1 saturated carbocycles. The molecule has 7 nitrogen and oxygen atoms in total. The molecule has 7 heteroatoms. The van der Waals surface area contributed by atoms with Crippen LogP contribution in [0, 0.1) is 0 Å². The maximum absolute atomic E-state index is 13.2. The molecule has 1 aliphatic heterocycles. The summed E-state index contributed by atoms with van der Waals surface area (Å²) in [6.45, 7) is 2.79. The molecule has 0 N–H and O–H groups in total. The molecule has 2 fully saturated rings. The minimum absolute atomic E-state index is 0.0296. The first-order valence-electron chi connectivity index (χ1n) is 11.1. The number of benzene rings is 2. The number of hydrogen-bond acceptors (Lipinski definition) is 6. The molecule has 0 radical (unpaired) electrons. The first-order valence-corrected chi connectivity index (χ1v) is 11.1. The van der Waals surface area contributed by atoms with Crippen molar-refractivity contribution in [1.29, 1.82) is 0 Å². The molecule has 2 aliphatic rings. The van der Waals surface area contributed by atoms with Gasteiger partial charge in [0, 0.05) is 43.2 Å². The number of carbonyl (C=O) groups excluding carboxylic acids is 1. The van der Waals surface area contributed by atoms with Gasteiger partial charge in [-0.2, -0.15) is 5.10 Å². The highest BCUT2D eigenvalue weighted by Crippen LogP contribution is 2.38. The highest BCUT2D eigenvalue weighted by molar-refractivity contribution is 6.01. The Hall–Kier alpha value is -3.74. The van der Waals surface area contributed by atoms with Gasteiger partial charge in [0.05, 0.1) is 11.1 Å². The van der Waals surface area contributed by atoms with Crippen LogP contribution < -0.4 is 4.90 Å². The average Bonchev–Trinajstić information content (AvgIpc) is 3.63. The summed E-state index contributed by atoms with van der Waals surface area (Å²) < 4.78 is 5.58. The van der Waals surface area contributed by atoms with Crippen LogP contribution >= 0.6 is 0 Å². The quantitative estimate of drug-likeness (QED) is 0.490. The monoisotopic (exact) mass is 425 g/mol. The number of hydrogen-bond donors (Lipinski definition) is 0. The largest absolute Gasteiger partial charge is 0.355 e. The number of aromatic nitrogens is 3. The fraction of sp³-hybridized carbons (Fsp3) is 0.280. The molecule has 0 bridgehead atoms. The second-order valence-electron chi connectivity index (χ2n) is 8.48. The van der Waals surface area contributed by atoms with E-state index in [9.17, 15) is 4.79 Å². The number of nitrogens with zero attached hydrogens (tertiary/aromatic N) is 5. The number of amides is 1. The van der Waals surface area contributed by atoms with Crippen molar-refractivity contribution in [1.82, 2.24) is 20.3 Å². The van der Waals surface area contributed by atoms with E-state index in [0.717, 1.165) is 41.1 Å². The van der Waals surface area contributed by atoms with E-state index >= 15 is 0 Å². The first-order chi connectivity index (χ1) is 15.8. The van der Waals surface area contributed by atoms with Crippen LogP contribution in [0.1, 0.15) is 34.8 Å². The molecule has 4 aromatic rings. The third-order valence-electron chi connectivity index (χ3n) is 6.32. The Bertz CT molecular complexity index is 1260. The van der Waals surface area contributed by atoms with Crippen molar-refractivity contribution in [3.8, 4) is 11.3 Å². The Morgan fingerprint density at radius 3 is 2.44 bits per heavy atom. The van der Waals surface area contributed by atoms with Crippen LogP contribution in [0.25, 0.3) is 22.2 Å². The minimum Gasteiger partial charge on any atom is -0.355 e. The van der Waals surface area contributed by atoms with Crippen molar-refractivity contribution in [2.45, 2.75) is 18.8 Å². The van der Waals surface area contributed by atoms with Crippen LogP contribution in [0.4, 0.5) is 5.82 Å². The maximum atomic E-state index is 13.2. The topological polar surface area (TPSA) is 75.4 Å². The lowest BCUT2D eigenvalue weighted by Crippen LogP contribution is -2.49. The van der Waals surface area contributed by atoms with Crippen molar-refractivity contribution in [3.05, 3.63) is 71.9 Å². The van der Waals surface area contributed by atoms with E-state index in [1.165, 1.54) is 12.8 Å². The first kappa shape index (κ1) is 19.0. The van der Waals surface area contributed by atoms with E-state index in [0.29, 0.717) is 30.3 Å². The van der Waals surface area contributed by atoms with Gasteiger partial charge in [0.15, 0.2) is 11.6 Å². The molecule has 1 aliphatic carbocycles. The lowest BCUT2D eigenvalue weighted by atomic mass is 10.1. The van der Waals surface area contributed by atoms with Crippen LogP contribution in [0.15, 0.2) is 65.2 Å². The molecule has 0 atom stereocenters. The van der Waals surface area contributed by atoms with Gasteiger partial charge in [-0.1, -0.05) is 35.5 Å².